The fourth-order valence-electron chi connectivity index (χ4n) is 0.201. The molecule has 0 aliphatic heterocycles. The van der Waals surface area contributed by atoms with E-state index in [0.29, 0.717) is 10.8 Å². The standard InChI is InChI=1S/C4H7IO3/c5-2-1-3(6)4(7)8/h6-8H,1-2H2. The van der Waals surface area contributed by atoms with Gasteiger partial charge in [0.1, 0.15) is 0 Å². The molecule has 0 rings (SSSR count). The van der Waals surface area contributed by atoms with Crippen molar-refractivity contribution in [2.24, 2.45) is 0 Å². The Morgan fingerprint density at radius 3 is 1.88 bits per heavy atom. The van der Waals surface area contributed by atoms with Crippen LogP contribution in [0.4, 0.5) is 0 Å². The molecule has 0 aliphatic rings. The lowest BCUT2D eigenvalue weighted by atomic mass is 10.4. The smallest absolute Gasteiger partial charge is 0.313 e. The number of hydrogen-bond donors (Lipinski definition) is 3. The fraction of sp³-hybridized carbons (Fsp3) is 0.500. The molecule has 0 bridgehead atoms. The molecule has 0 heterocycles. The van der Waals surface area contributed by atoms with Crippen LogP contribution in [0, 0.1) is 0 Å². The predicted molar refractivity (Wildman–Crippen MR) is 38.4 cm³/mol. The topological polar surface area (TPSA) is 60.7 Å². The molecule has 0 aromatic rings. The average Bonchev–Trinajstić information content (AvgIpc) is 1.67. The van der Waals surface area contributed by atoms with Crippen LogP contribution in [0.3, 0.4) is 0 Å². The molecule has 8 heavy (non-hydrogen) atoms. The van der Waals surface area contributed by atoms with Crippen molar-refractivity contribution >= 4 is 22.6 Å². The van der Waals surface area contributed by atoms with Crippen LogP contribution in [0.25, 0.3) is 0 Å². The summed E-state index contributed by atoms with van der Waals surface area (Å²) in [6.07, 6.45) is 0.308. The van der Waals surface area contributed by atoms with Gasteiger partial charge >= 0.3 is 5.95 Å². The molecule has 0 radical (unpaired) electrons. The number of allylic oxidation sites excluding steroid dienone is 1. The Morgan fingerprint density at radius 1 is 1.25 bits per heavy atom. The molecule has 0 saturated heterocycles. The van der Waals surface area contributed by atoms with Gasteiger partial charge in [0.2, 0.25) is 0 Å². The van der Waals surface area contributed by atoms with Crippen LogP contribution in [0.5, 0.6) is 0 Å². The van der Waals surface area contributed by atoms with Gasteiger partial charge in [-0.1, -0.05) is 22.6 Å². The van der Waals surface area contributed by atoms with E-state index in [1.165, 1.54) is 0 Å². The van der Waals surface area contributed by atoms with Gasteiger partial charge in [-0.05, 0) is 0 Å². The molecule has 3 N–H and O–H groups in total. The molecule has 0 aromatic heterocycles. The molecule has 0 fully saturated rings. The highest BCUT2D eigenvalue weighted by molar-refractivity contribution is 14.1. The maximum atomic E-state index is 8.50. The monoisotopic (exact) mass is 230 g/mol. The number of alkyl halides is 1. The summed E-state index contributed by atoms with van der Waals surface area (Å²) in [5, 5.41) is 24.8. The van der Waals surface area contributed by atoms with Crippen molar-refractivity contribution in [3.63, 3.8) is 0 Å². The molecule has 0 amide bonds. The molecule has 0 atom stereocenters. The summed E-state index contributed by atoms with van der Waals surface area (Å²) in [4.78, 5) is 0. The summed E-state index contributed by atoms with van der Waals surface area (Å²) in [7, 11) is 0. The molecule has 48 valence electrons. The summed E-state index contributed by atoms with van der Waals surface area (Å²) in [6, 6.07) is 0. The van der Waals surface area contributed by atoms with Crippen LogP contribution in [-0.4, -0.2) is 19.7 Å². The van der Waals surface area contributed by atoms with Crippen molar-refractivity contribution in [3.8, 4) is 0 Å². The van der Waals surface area contributed by atoms with Crippen molar-refractivity contribution in [2.45, 2.75) is 6.42 Å². The summed E-state index contributed by atoms with van der Waals surface area (Å²) >= 11 is 2.02. The van der Waals surface area contributed by atoms with Gasteiger partial charge < -0.3 is 15.3 Å². The van der Waals surface area contributed by atoms with Crippen LogP contribution < -0.4 is 0 Å². The van der Waals surface area contributed by atoms with Crippen molar-refractivity contribution in [2.75, 3.05) is 4.43 Å². The predicted octanol–water partition coefficient (Wildman–Crippen LogP) is 1.65. The van der Waals surface area contributed by atoms with Crippen molar-refractivity contribution in [1.29, 1.82) is 0 Å². The second kappa shape index (κ2) is 3.82. The number of rotatable bonds is 2. The van der Waals surface area contributed by atoms with E-state index in [1.807, 2.05) is 22.6 Å². The van der Waals surface area contributed by atoms with Gasteiger partial charge in [-0.3, -0.25) is 0 Å². The van der Waals surface area contributed by atoms with Crippen LogP contribution in [0.1, 0.15) is 6.42 Å². The van der Waals surface area contributed by atoms with Gasteiger partial charge in [0.25, 0.3) is 0 Å². The lowest BCUT2D eigenvalue weighted by molar-refractivity contribution is 0.155. The summed E-state index contributed by atoms with van der Waals surface area (Å²) < 4.78 is 0.675. The number of aliphatic hydroxyl groups is 3. The highest BCUT2D eigenvalue weighted by Gasteiger charge is 1.97. The normalized spacial score (nSPS) is 8.62. The van der Waals surface area contributed by atoms with Crippen molar-refractivity contribution in [3.05, 3.63) is 11.7 Å². The van der Waals surface area contributed by atoms with Crippen LogP contribution in [0.2, 0.25) is 0 Å². The first kappa shape index (κ1) is 7.87. The Labute approximate surface area is 60.8 Å². The maximum absolute atomic E-state index is 8.50. The third-order valence-corrected chi connectivity index (χ3v) is 1.13. The number of hydrogen-bond acceptors (Lipinski definition) is 3. The largest absolute Gasteiger partial charge is 0.506 e. The van der Waals surface area contributed by atoms with Gasteiger partial charge in [-0.25, -0.2) is 0 Å². The molecule has 0 saturated carbocycles. The molecule has 4 heteroatoms. The van der Waals surface area contributed by atoms with E-state index in [0.717, 1.165) is 0 Å². The zero-order valence-electron chi connectivity index (χ0n) is 4.13. The highest BCUT2D eigenvalue weighted by atomic mass is 127. The molecule has 0 spiro atoms. The summed E-state index contributed by atoms with van der Waals surface area (Å²) in [5.74, 6) is -1.32. The van der Waals surface area contributed by atoms with E-state index >= 15 is 0 Å². The first-order valence-corrected chi connectivity index (χ1v) is 3.57. The fourth-order valence-corrected chi connectivity index (χ4v) is 0.712. The highest BCUT2D eigenvalue weighted by Crippen LogP contribution is 2.01. The minimum atomic E-state index is -0.971. The van der Waals surface area contributed by atoms with E-state index in [1.54, 1.807) is 0 Å². The Bertz CT molecular complexity index is 95.5. The molecular weight excluding hydrogens is 223 g/mol. The third kappa shape index (κ3) is 2.95. The quantitative estimate of drug-likeness (QED) is 0.384. The first-order chi connectivity index (χ1) is 3.68. The first-order valence-electron chi connectivity index (χ1n) is 2.04. The van der Waals surface area contributed by atoms with Crippen LogP contribution in [-0.2, 0) is 0 Å². The Balaban J connectivity index is 3.62. The number of halogens is 1. The van der Waals surface area contributed by atoms with E-state index in [9.17, 15) is 0 Å². The lowest BCUT2D eigenvalue weighted by Gasteiger charge is -1.93. The second-order valence-corrected chi connectivity index (χ2v) is 2.29. The maximum Gasteiger partial charge on any atom is 0.313 e. The third-order valence-electron chi connectivity index (χ3n) is 0.589. The van der Waals surface area contributed by atoms with Gasteiger partial charge in [-0.2, -0.15) is 0 Å². The second-order valence-electron chi connectivity index (χ2n) is 1.21. The summed E-state index contributed by atoms with van der Waals surface area (Å²) in [5.41, 5.74) is 0. The van der Waals surface area contributed by atoms with Crippen molar-refractivity contribution in [1.82, 2.24) is 0 Å². The van der Waals surface area contributed by atoms with Gasteiger partial charge in [0.05, 0.1) is 0 Å². The van der Waals surface area contributed by atoms with E-state index < -0.39 is 5.95 Å². The molecule has 0 aromatic carbocycles. The van der Waals surface area contributed by atoms with Crippen molar-refractivity contribution < 1.29 is 15.3 Å². The lowest BCUT2D eigenvalue weighted by Crippen LogP contribution is -1.89. The van der Waals surface area contributed by atoms with Gasteiger partial charge in [-0.15, -0.1) is 0 Å². The molecule has 3 nitrogen and oxygen atoms in total. The van der Waals surface area contributed by atoms with Crippen LogP contribution >= 0.6 is 22.6 Å². The minimum absolute atomic E-state index is 0.308. The minimum Gasteiger partial charge on any atom is -0.506 e. The Hall–Kier alpha value is -0.130. The van der Waals surface area contributed by atoms with Crippen LogP contribution in [0.15, 0.2) is 11.7 Å². The summed E-state index contributed by atoms with van der Waals surface area (Å²) in [6.45, 7) is 0. The van der Waals surface area contributed by atoms with E-state index in [2.05, 4.69) is 0 Å². The average molecular weight is 230 g/mol. The van der Waals surface area contributed by atoms with E-state index in [-0.39, 0.29) is 5.76 Å². The molecule has 0 unspecified atom stereocenters. The zero-order valence-corrected chi connectivity index (χ0v) is 6.29. The van der Waals surface area contributed by atoms with E-state index in [4.69, 9.17) is 15.3 Å². The molecular formula is C4H7IO3. The van der Waals surface area contributed by atoms with Gasteiger partial charge in [0, 0.05) is 10.8 Å². The Morgan fingerprint density at radius 2 is 1.75 bits per heavy atom. The Kier molecular flexibility index (Phi) is 3.76. The SMILES string of the molecule is OC(O)=C(O)CCI. The molecule has 0 aliphatic carbocycles. The van der Waals surface area contributed by atoms with Gasteiger partial charge in [0.15, 0.2) is 5.76 Å². The number of aliphatic hydroxyl groups excluding tert-OH is 2. The zero-order chi connectivity index (χ0) is 6.57.